The van der Waals surface area contributed by atoms with Gasteiger partial charge in [0.25, 0.3) is 5.91 Å². The van der Waals surface area contributed by atoms with Crippen molar-refractivity contribution in [3.8, 4) is 0 Å². The number of thioether (sulfide) groups is 1. The Morgan fingerprint density at radius 3 is 2.20 bits per heavy atom. The Balaban J connectivity index is 1.41. The molecule has 0 saturated heterocycles. The maximum Gasteiger partial charge on any atom is 0.336 e. The molecule has 4 aromatic carbocycles. The Hall–Kier alpha value is -3.81. The van der Waals surface area contributed by atoms with Gasteiger partial charge < -0.3 is 15.7 Å². The number of anilines is 2. The first kappa shape index (κ1) is 24.3. The molecular weight excluding hydrogens is 484 g/mol. The Morgan fingerprint density at radius 1 is 0.857 bits per heavy atom. The molecule has 0 heterocycles. The maximum atomic E-state index is 13.0. The molecule has 4 rings (SSSR count). The van der Waals surface area contributed by atoms with Gasteiger partial charge in [0.2, 0.25) is 5.91 Å². The summed E-state index contributed by atoms with van der Waals surface area (Å²) in [6.07, 6.45) is 0. The number of hydrogen-bond acceptors (Lipinski definition) is 4. The van der Waals surface area contributed by atoms with Crippen molar-refractivity contribution in [3.63, 3.8) is 0 Å². The van der Waals surface area contributed by atoms with Crippen LogP contribution in [0.15, 0.2) is 83.8 Å². The number of carboxylic acids is 1. The highest BCUT2D eigenvalue weighted by atomic mass is 35.5. The molecule has 0 fully saturated rings. The third-order valence-electron chi connectivity index (χ3n) is 5.40. The third kappa shape index (κ3) is 5.65. The zero-order chi connectivity index (χ0) is 24.9. The zero-order valence-corrected chi connectivity index (χ0v) is 20.2. The van der Waals surface area contributed by atoms with Gasteiger partial charge in [-0.2, -0.15) is 0 Å². The lowest BCUT2D eigenvalue weighted by molar-refractivity contribution is -0.113. The van der Waals surface area contributed by atoms with Crippen LogP contribution >= 0.6 is 23.4 Å². The van der Waals surface area contributed by atoms with E-state index in [0.717, 1.165) is 10.5 Å². The highest BCUT2D eigenvalue weighted by Crippen LogP contribution is 2.26. The molecule has 0 saturated carbocycles. The second-order valence-electron chi connectivity index (χ2n) is 7.74. The van der Waals surface area contributed by atoms with Crippen LogP contribution in [0.2, 0.25) is 5.02 Å². The summed E-state index contributed by atoms with van der Waals surface area (Å²) in [5, 5.41) is 16.9. The molecule has 0 aliphatic heterocycles. The minimum absolute atomic E-state index is 0.0752. The standard InChI is InChI=1S/C27H21ClN2O4S/c1-16-22(28)9-4-10-23(16)30-24(31)15-35-19-13-11-18(12-14-19)29-26(32)20-7-2-5-17-6-3-8-21(25(17)20)27(33)34/h2-14H,15H2,1H3,(H,29,32)(H,30,31)(H,33,34). The average Bonchev–Trinajstić information content (AvgIpc) is 2.85. The fourth-order valence-electron chi connectivity index (χ4n) is 3.62. The molecule has 0 radical (unpaired) electrons. The van der Waals surface area contributed by atoms with Gasteiger partial charge in [-0.15, -0.1) is 11.8 Å². The molecule has 6 nitrogen and oxygen atoms in total. The smallest absolute Gasteiger partial charge is 0.336 e. The van der Waals surface area contributed by atoms with Crippen molar-refractivity contribution < 1.29 is 19.5 Å². The van der Waals surface area contributed by atoms with Crippen LogP contribution in [0.5, 0.6) is 0 Å². The number of carbonyl (C=O) groups is 3. The fraction of sp³-hybridized carbons (Fsp3) is 0.0741. The van der Waals surface area contributed by atoms with Gasteiger partial charge in [-0.25, -0.2) is 4.79 Å². The van der Waals surface area contributed by atoms with Gasteiger partial charge in [0.15, 0.2) is 0 Å². The van der Waals surface area contributed by atoms with Crippen molar-refractivity contribution in [2.24, 2.45) is 0 Å². The van der Waals surface area contributed by atoms with E-state index >= 15 is 0 Å². The van der Waals surface area contributed by atoms with Crippen LogP contribution < -0.4 is 10.6 Å². The Labute approximate surface area is 211 Å². The summed E-state index contributed by atoms with van der Waals surface area (Å²) in [5.41, 5.74) is 2.41. The summed E-state index contributed by atoms with van der Waals surface area (Å²) in [4.78, 5) is 37.8. The van der Waals surface area contributed by atoms with E-state index in [1.165, 1.54) is 17.8 Å². The molecule has 0 aliphatic rings. The van der Waals surface area contributed by atoms with Gasteiger partial charge in [0, 0.05) is 32.2 Å². The molecule has 0 unspecified atom stereocenters. The van der Waals surface area contributed by atoms with Crippen LogP contribution in [0.3, 0.4) is 0 Å². The summed E-state index contributed by atoms with van der Waals surface area (Å²) < 4.78 is 0. The molecule has 2 amide bonds. The first-order valence-electron chi connectivity index (χ1n) is 10.7. The van der Waals surface area contributed by atoms with Gasteiger partial charge in [0.1, 0.15) is 0 Å². The molecular formula is C27H21ClN2O4S. The van der Waals surface area contributed by atoms with Gasteiger partial charge >= 0.3 is 5.97 Å². The number of carboxylic acid groups (broad SMARTS) is 1. The molecule has 8 heteroatoms. The molecule has 0 aliphatic carbocycles. The van der Waals surface area contributed by atoms with E-state index in [4.69, 9.17) is 11.6 Å². The van der Waals surface area contributed by atoms with E-state index in [1.54, 1.807) is 60.7 Å². The molecule has 176 valence electrons. The number of amides is 2. The molecule has 0 bridgehead atoms. The minimum atomic E-state index is -1.09. The van der Waals surface area contributed by atoms with Crippen molar-refractivity contribution in [1.29, 1.82) is 0 Å². The number of nitrogens with one attached hydrogen (secondary N) is 2. The summed E-state index contributed by atoms with van der Waals surface area (Å²) in [6.45, 7) is 1.85. The van der Waals surface area contributed by atoms with Gasteiger partial charge in [-0.1, -0.05) is 41.9 Å². The molecule has 3 N–H and O–H groups in total. The number of rotatable bonds is 7. The molecule has 35 heavy (non-hydrogen) atoms. The summed E-state index contributed by atoms with van der Waals surface area (Å²) in [5.74, 6) is -1.43. The number of fused-ring (bicyclic) bond motifs is 1. The molecule has 4 aromatic rings. The SMILES string of the molecule is Cc1c(Cl)cccc1NC(=O)CSc1ccc(NC(=O)c2cccc3cccc(C(=O)O)c23)cc1. The molecule has 0 atom stereocenters. The predicted molar refractivity (Wildman–Crippen MR) is 141 cm³/mol. The minimum Gasteiger partial charge on any atom is -0.478 e. The largest absolute Gasteiger partial charge is 0.478 e. The topological polar surface area (TPSA) is 95.5 Å². The summed E-state index contributed by atoms with van der Waals surface area (Å²) >= 11 is 7.46. The first-order valence-corrected chi connectivity index (χ1v) is 12.0. The zero-order valence-electron chi connectivity index (χ0n) is 18.7. The summed E-state index contributed by atoms with van der Waals surface area (Å²) in [7, 11) is 0. The van der Waals surface area contributed by atoms with E-state index in [9.17, 15) is 19.5 Å². The number of carbonyl (C=O) groups excluding carboxylic acids is 2. The van der Waals surface area contributed by atoms with Gasteiger partial charge in [-0.05, 0) is 66.4 Å². The van der Waals surface area contributed by atoms with Crippen molar-refractivity contribution in [3.05, 3.63) is 101 Å². The Morgan fingerprint density at radius 2 is 1.51 bits per heavy atom. The number of hydrogen-bond donors (Lipinski definition) is 3. The van der Waals surface area contributed by atoms with Crippen LogP contribution in [0.25, 0.3) is 10.8 Å². The highest BCUT2D eigenvalue weighted by Gasteiger charge is 2.16. The third-order valence-corrected chi connectivity index (χ3v) is 6.83. The number of benzene rings is 4. The van der Waals surface area contributed by atoms with Crippen LogP contribution in [-0.4, -0.2) is 28.6 Å². The fourth-order valence-corrected chi connectivity index (χ4v) is 4.49. The quantitative estimate of drug-likeness (QED) is 0.250. The molecule has 0 aromatic heterocycles. The van der Waals surface area contributed by atoms with Crippen LogP contribution in [-0.2, 0) is 4.79 Å². The second kappa shape index (κ2) is 10.6. The van der Waals surface area contributed by atoms with Crippen LogP contribution in [0.1, 0.15) is 26.3 Å². The van der Waals surface area contributed by atoms with Crippen molar-refractivity contribution in [1.82, 2.24) is 0 Å². The van der Waals surface area contributed by atoms with Crippen molar-refractivity contribution in [2.45, 2.75) is 11.8 Å². The number of aromatic carboxylic acids is 1. The first-order chi connectivity index (χ1) is 16.8. The van der Waals surface area contributed by atoms with E-state index in [1.807, 2.05) is 19.1 Å². The normalized spacial score (nSPS) is 10.7. The lowest BCUT2D eigenvalue weighted by Gasteiger charge is -2.11. The van der Waals surface area contributed by atoms with Crippen molar-refractivity contribution in [2.75, 3.05) is 16.4 Å². The van der Waals surface area contributed by atoms with E-state index in [-0.39, 0.29) is 22.8 Å². The van der Waals surface area contributed by atoms with Crippen LogP contribution in [0.4, 0.5) is 11.4 Å². The lowest BCUT2D eigenvalue weighted by Crippen LogP contribution is -2.15. The van der Waals surface area contributed by atoms with E-state index in [2.05, 4.69) is 10.6 Å². The maximum absolute atomic E-state index is 13.0. The predicted octanol–water partition coefficient (Wildman–Crippen LogP) is 6.48. The number of halogens is 1. The monoisotopic (exact) mass is 504 g/mol. The Kier molecular flexibility index (Phi) is 7.39. The highest BCUT2D eigenvalue weighted by molar-refractivity contribution is 8.00. The van der Waals surface area contributed by atoms with E-state index in [0.29, 0.717) is 27.2 Å². The van der Waals surface area contributed by atoms with E-state index < -0.39 is 11.9 Å². The average molecular weight is 505 g/mol. The Bertz CT molecular complexity index is 1430. The van der Waals surface area contributed by atoms with Gasteiger partial charge in [-0.3, -0.25) is 9.59 Å². The lowest BCUT2D eigenvalue weighted by atomic mass is 9.98. The van der Waals surface area contributed by atoms with Crippen molar-refractivity contribution >= 4 is 63.3 Å². The van der Waals surface area contributed by atoms with Gasteiger partial charge in [0.05, 0.1) is 11.3 Å². The van der Waals surface area contributed by atoms with Crippen LogP contribution in [0, 0.1) is 6.92 Å². The molecule has 0 spiro atoms. The summed E-state index contributed by atoms with van der Waals surface area (Å²) in [6, 6.07) is 22.5. The second-order valence-corrected chi connectivity index (χ2v) is 9.20.